The number of hydrogen-bond donors (Lipinski definition) is 0. The summed E-state index contributed by atoms with van der Waals surface area (Å²) in [4.78, 5) is 20.9. The second-order valence-electron chi connectivity index (χ2n) is 6.95. The Bertz CT molecular complexity index is 712. The maximum absolute atomic E-state index is 12.2. The van der Waals surface area contributed by atoms with Crippen molar-refractivity contribution in [2.75, 3.05) is 13.1 Å². The van der Waals surface area contributed by atoms with Gasteiger partial charge >= 0.3 is 0 Å². The molecule has 3 rings (SSSR count). The number of pyridine rings is 1. The van der Waals surface area contributed by atoms with Crippen molar-refractivity contribution in [2.45, 2.75) is 45.8 Å². The van der Waals surface area contributed by atoms with Crippen molar-refractivity contribution in [1.82, 2.24) is 24.6 Å². The van der Waals surface area contributed by atoms with Crippen LogP contribution in [0.5, 0.6) is 0 Å². The molecule has 3 heterocycles. The minimum absolute atomic E-state index is 0.133. The Kier molecular flexibility index (Phi) is 5.48. The monoisotopic (exact) mass is 341 g/mol. The number of aryl methyl sites for hydroxylation is 2. The maximum atomic E-state index is 12.2. The second kappa shape index (κ2) is 7.78. The normalized spacial score (nSPS) is 18.3. The van der Waals surface area contributed by atoms with Crippen LogP contribution in [0.25, 0.3) is 0 Å². The van der Waals surface area contributed by atoms with Gasteiger partial charge < -0.3 is 4.90 Å². The average Bonchev–Trinajstić information content (AvgIpc) is 2.91. The zero-order valence-corrected chi connectivity index (χ0v) is 15.4. The summed E-state index contributed by atoms with van der Waals surface area (Å²) in [6, 6.07) is 4.21. The molecule has 0 saturated carbocycles. The molecular weight excluding hydrogens is 314 g/mol. The van der Waals surface area contributed by atoms with E-state index in [4.69, 9.17) is 0 Å². The van der Waals surface area contributed by atoms with Gasteiger partial charge in [0.25, 0.3) is 0 Å². The van der Waals surface area contributed by atoms with E-state index < -0.39 is 0 Å². The summed E-state index contributed by atoms with van der Waals surface area (Å²) >= 11 is 0. The number of likely N-dealkylation sites (tertiary alicyclic amines) is 1. The van der Waals surface area contributed by atoms with Crippen molar-refractivity contribution in [3.63, 3.8) is 0 Å². The second-order valence-corrected chi connectivity index (χ2v) is 6.95. The van der Waals surface area contributed by atoms with Crippen LogP contribution in [-0.4, -0.2) is 49.6 Å². The fourth-order valence-corrected chi connectivity index (χ4v) is 3.66. The summed E-state index contributed by atoms with van der Waals surface area (Å²) in [6.45, 7) is 7.24. The van der Waals surface area contributed by atoms with E-state index in [1.54, 1.807) is 13.1 Å². The molecular formula is C19H27N5O. The van der Waals surface area contributed by atoms with Gasteiger partial charge in [-0.05, 0) is 37.9 Å². The molecule has 0 spiro atoms. The van der Waals surface area contributed by atoms with Gasteiger partial charge in [0.1, 0.15) is 0 Å². The number of aromatic nitrogens is 3. The lowest BCUT2D eigenvalue weighted by Gasteiger charge is -2.39. The minimum Gasteiger partial charge on any atom is -0.334 e. The van der Waals surface area contributed by atoms with Crippen LogP contribution in [0.1, 0.15) is 36.6 Å². The Balaban J connectivity index is 1.67. The number of nitrogens with zero attached hydrogens (tertiary/aromatic N) is 5. The largest absolute Gasteiger partial charge is 0.334 e. The molecule has 6 heteroatoms. The molecule has 1 aliphatic heterocycles. The van der Waals surface area contributed by atoms with E-state index in [-0.39, 0.29) is 11.9 Å². The molecule has 0 bridgehead atoms. The Labute approximate surface area is 149 Å². The summed E-state index contributed by atoms with van der Waals surface area (Å²) in [7, 11) is 1.96. The van der Waals surface area contributed by atoms with Crippen molar-refractivity contribution >= 4 is 5.91 Å². The van der Waals surface area contributed by atoms with E-state index in [0.717, 1.165) is 43.7 Å². The molecule has 1 aliphatic rings. The summed E-state index contributed by atoms with van der Waals surface area (Å²) in [5.41, 5.74) is 3.44. The molecule has 0 N–H and O–H groups in total. The van der Waals surface area contributed by atoms with Crippen molar-refractivity contribution in [3.8, 4) is 0 Å². The van der Waals surface area contributed by atoms with Gasteiger partial charge in [-0.2, -0.15) is 5.10 Å². The van der Waals surface area contributed by atoms with Gasteiger partial charge in [0, 0.05) is 63.8 Å². The zero-order valence-electron chi connectivity index (χ0n) is 15.4. The predicted octanol–water partition coefficient (Wildman–Crippen LogP) is 2.14. The molecule has 1 amide bonds. The molecule has 25 heavy (non-hydrogen) atoms. The van der Waals surface area contributed by atoms with E-state index >= 15 is 0 Å². The molecule has 134 valence electrons. The van der Waals surface area contributed by atoms with E-state index in [1.165, 1.54) is 5.56 Å². The topological polar surface area (TPSA) is 54.3 Å². The highest BCUT2D eigenvalue weighted by Crippen LogP contribution is 2.21. The van der Waals surface area contributed by atoms with Crippen molar-refractivity contribution in [3.05, 3.63) is 47.5 Å². The standard InChI is InChI=1S/C19H27N5O/c1-15-18(12-22(3)21-15)13-23-9-5-7-19(14-23)24(16(2)25)11-17-6-4-8-20-10-17/h4,6,8,10,12,19H,5,7,9,11,13-14H2,1-3H3. The molecule has 2 aromatic rings. The van der Waals surface area contributed by atoms with Crippen molar-refractivity contribution in [1.29, 1.82) is 0 Å². The quantitative estimate of drug-likeness (QED) is 0.836. The third kappa shape index (κ3) is 4.45. The first-order valence-electron chi connectivity index (χ1n) is 8.90. The van der Waals surface area contributed by atoms with Crippen molar-refractivity contribution < 1.29 is 4.79 Å². The molecule has 0 aromatic carbocycles. The molecule has 2 aromatic heterocycles. The first-order chi connectivity index (χ1) is 12.0. The third-order valence-corrected chi connectivity index (χ3v) is 4.91. The SMILES string of the molecule is CC(=O)N(Cc1cccnc1)C1CCCN(Cc2cn(C)nc2C)C1. The fourth-order valence-electron chi connectivity index (χ4n) is 3.66. The van der Waals surface area contributed by atoms with Gasteiger partial charge in [0.05, 0.1) is 5.69 Å². The highest BCUT2D eigenvalue weighted by molar-refractivity contribution is 5.73. The van der Waals surface area contributed by atoms with Crippen LogP contribution < -0.4 is 0 Å². The van der Waals surface area contributed by atoms with Crippen LogP contribution in [0.15, 0.2) is 30.7 Å². The Morgan fingerprint density at radius 3 is 2.92 bits per heavy atom. The first kappa shape index (κ1) is 17.6. The van der Waals surface area contributed by atoms with E-state index in [0.29, 0.717) is 6.54 Å². The fraction of sp³-hybridized carbons (Fsp3) is 0.526. The maximum Gasteiger partial charge on any atom is 0.220 e. The van der Waals surface area contributed by atoms with Gasteiger partial charge in [0.2, 0.25) is 5.91 Å². The van der Waals surface area contributed by atoms with Gasteiger partial charge in [-0.3, -0.25) is 19.4 Å². The van der Waals surface area contributed by atoms with Crippen LogP contribution >= 0.6 is 0 Å². The van der Waals surface area contributed by atoms with E-state index in [2.05, 4.69) is 28.1 Å². The highest BCUT2D eigenvalue weighted by atomic mass is 16.2. The highest BCUT2D eigenvalue weighted by Gasteiger charge is 2.27. The lowest BCUT2D eigenvalue weighted by atomic mass is 10.0. The predicted molar refractivity (Wildman–Crippen MR) is 96.7 cm³/mol. The number of hydrogen-bond acceptors (Lipinski definition) is 4. The average molecular weight is 341 g/mol. The number of amides is 1. The lowest BCUT2D eigenvalue weighted by molar-refractivity contribution is -0.133. The number of carbonyl (C=O) groups is 1. The molecule has 1 saturated heterocycles. The molecule has 0 aliphatic carbocycles. The van der Waals surface area contributed by atoms with Gasteiger partial charge in [-0.25, -0.2) is 0 Å². The third-order valence-electron chi connectivity index (χ3n) is 4.91. The van der Waals surface area contributed by atoms with Gasteiger partial charge in [0.15, 0.2) is 0 Å². The Morgan fingerprint density at radius 2 is 2.28 bits per heavy atom. The van der Waals surface area contributed by atoms with Gasteiger partial charge in [-0.15, -0.1) is 0 Å². The molecule has 1 unspecified atom stereocenters. The van der Waals surface area contributed by atoms with E-state index in [9.17, 15) is 4.79 Å². The summed E-state index contributed by atoms with van der Waals surface area (Å²) < 4.78 is 1.87. The van der Waals surface area contributed by atoms with Crippen LogP contribution in [0.3, 0.4) is 0 Å². The minimum atomic E-state index is 0.133. The summed E-state index contributed by atoms with van der Waals surface area (Å²) in [5, 5.41) is 4.43. The molecule has 1 fully saturated rings. The number of carbonyl (C=O) groups excluding carboxylic acids is 1. The number of rotatable bonds is 5. The summed E-state index contributed by atoms with van der Waals surface area (Å²) in [5.74, 6) is 0.133. The van der Waals surface area contributed by atoms with Crippen LogP contribution in [0.4, 0.5) is 0 Å². The van der Waals surface area contributed by atoms with Crippen LogP contribution in [-0.2, 0) is 24.9 Å². The first-order valence-corrected chi connectivity index (χ1v) is 8.90. The van der Waals surface area contributed by atoms with Gasteiger partial charge in [-0.1, -0.05) is 6.07 Å². The van der Waals surface area contributed by atoms with Crippen molar-refractivity contribution in [2.24, 2.45) is 7.05 Å². The lowest BCUT2D eigenvalue weighted by Crippen LogP contribution is -2.49. The summed E-state index contributed by atoms with van der Waals surface area (Å²) in [6.07, 6.45) is 7.87. The molecule has 0 radical (unpaired) electrons. The number of piperidine rings is 1. The molecule has 1 atom stereocenters. The Hall–Kier alpha value is -2.21. The van der Waals surface area contributed by atoms with Crippen LogP contribution in [0, 0.1) is 6.92 Å². The van der Waals surface area contributed by atoms with Crippen LogP contribution in [0.2, 0.25) is 0 Å². The zero-order chi connectivity index (χ0) is 17.8. The smallest absolute Gasteiger partial charge is 0.220 e. The molecule has 6 nitrogen and oxygen atoms in total. The Morgan fingerprint density at radius 1 is 1.44 bits per heavy atom. The van der Waals surface area contributed by atoms with E-state index in [1.807, 2.05) is 35.0 Å².